The number of hydrogen-bond donors (Lipinski definition) is 2. The van der Waals surface area contributed by atoms with Crippen molar-refractivity contribution in [2.75, 3.05) is 10.0 Å². The van der Waals surface area contributed by atoms with Crippen molar-refractivity contribution < 1.29 is 31.1 Å². The number of carbonyl (C=O) groups excluding carboxylic acids is 1. The molecule has 6 nitrogen and oxygen atoms in total. The Kier molecular flexibility index (Phi) is 6.89. The summed E-state index contributed by atoms with van der Waals surface area (Å²) in [5.74, 6) is -1.13. The van der Waals surface area contributed by atoms with E-state index in [4.69, 9.17) is 11.6 Å². The Morgan fingerprint density at radius 1 is 0.970 bits per heavy atom. The lowest BCUT2D eigenvalue weighted by Crippen LogP contribution is -2.17. The molecule has 0 fully saturated rings. The van der Waals surface area contributed by atoms with Crippen LogP contribution >= 0.6 is 11.6 Å². The van der Waals surface area contributed by atoms with Crippen molar-refractivity contribution in [2.45, 2.75) is 25.1 Å². The lowest BCUT2D eigenvalue weighted by molar-refractivity contribution is -0.274. The molecule has 0 heterocycles. The minimum absolute atomic E-state index is 0.0173. The van der Waals surface area contributed by atoms with Crippen LogP contribution in [-0.4, -0.2) is 20.7 Å². The lowest BCUT2D eigenvalue weighted by atomic mass is 10.1. The molecule has 11 heteroatoms. The second-order valence-electron chi connectivity index (χ2n) is 7.10. The van der Waals surface area contributed by atoms with Gasteiger partial charge >= 0.3 is 6.36 Å². The molecule has 0 unspecified atom stereocenters. The van der Waals surface area contributed by atoms with Gasteiger partial charge in [-0.1, -0.05) is 23.7 Å². The number of benzene rings is 3. The van der Waals surface area contributed by atoms with E-state index in [0.29, 0.717) is 11.3 Å². The van der Waals surface area contributed by atoms with Crippen molar-refractivity contribution in [1.29, 1.82) is 0 Å². The maximum absolute atomic E-state index is 12.9. The molecule has 0 aliphatic carbocycles. The highest BCUT2D eigenvalue weighted by Crippen LogP contribution is 2.28. The molecule has 0 aromatic heterocycles. The van der Waals surface area contributed by atoms with Crippen LogP contribution in [0.15, 0.2) is 65.6 Å². The van der Waals surface area contributed by atoms with Gasteiger partial charge in [-0.15, -0.1) is 13.2 Å². The van der Waals surface area contributed by atoms with E-state index in [1.165, 1.54) is 24.3 Å². The highest BCUT2D eigenvalue weighted by Gasteiger charge is 2.31. The Morgan fingerprint density at radius 2 is 1.64 bits per heavy atom. The number of rotatable bonds is 6. The van der Waals surface area contributed by atoms with Gasteiger partial charge in [0, 0.05) is 11.3 Å². The maximum Gasteiger partial charge on any atom is 0.573 e. The van der Waals surface area contributed by atoms with Gasteiger partial charge in [-0.3, -0.25) is 9.52 Å². The standard InChI is InChI=1S/C22H18ClF3N2O4S/c1-13-3-4-14(2)19(11-13)28-33(30,31)20-12-15(5-10-18(20)23)21(29)27-16-6-8-17(9-7-16)32-22(24,25)26/h3-12,28H,1-2H3,(H,27,29). The average Bonchev–Trinajstić information content (AvgIpc) is 2.71. The van der Waals surface area contributed by atoms with Crippen molar-refractivity contribution in [3.05, 3.63) is 82.4 Å². The molecule has 3 aromatic rings. The summed E-state index contributed by atoms with van der Waals surface area (Å²) in [5.41, 5.74) is 2.09. The van der Waals surface area contributed by atoms with Gasteiger partial charge in [-0.2, -0.15) is 0 Å². The van der Waals surface area contributed by atoms with E-state index in [-0.39, 0.29) is 21.2 Å². The van der Waals surface area contributed by atoms with Gasteiger partial charge in [0.2, 0.25) is 0 Å². The predicted molar refractivity (Wildman–Crippen MR) is 119 cm³/mol. The zero-order chi connectivity index (χ0) is 24.4. The third kappa shape index (κ3) is 6.39. The number of alkyl halides is 3. The molecule has 0 aliphatic heterocycles. The Bertz CT molecular complexity index is 1290. The summed E-state index contributed by atoms with van der Waals surface area (Å²) >= 11 is 6.10. The molecule has 2 N–H and O–H groups in total. The van der Waals surface area contributed by atoms with Crippen LogP contribution in [0.4, 0.5) is 24.5 Å². The topological polar surface area (TPSA) is 84.5 Å². The van der Waals surface area contributed by atoms with Crippen molar-refractivity contribution in [2.24, 2.45) is 0 Å². The number of sulfonamides is 1. The summed E-state index contributed by atoms with van der Waals surface area (Å²) in [6.07, 6.45) is -4.83. The second-order valence-corrected chi connectivity index (χ2v) is 9.15. The van der Waals surface area contributed by atoms with E-state index in [0.717, 1.165) is 23.8 Å². The summed E-state index contributed by atoms with van der Waals surface area (Å²) in [4.78, 5) is 12.3. The van der Waals surface area contributed by atoms with Crippen LogP contribution in [0.1, 0.15) is 21.5 Å². The first-order valence-electron chi connectivity index (χ1n) is 9.41. The summed E-state index contributed by atoms with van der Waals surface area (Å²) in [5, 5.41) is 2.39. The van der Waals surface area contributed by atoms with E-state index < -0.39 is 28.0 Å². The normalized spacial score (nSPS) is 11.7. The number of carbonyl (C=O) groups is 1. The highest BCUT2D eigenvalue weighted by atomic mass is 35.5. The van der Waals surface area contributed by atoms with Crippen LogP contribution in [-0.2, 0) is 10.0 Å². The quantitative estimate of drug-likeness (QED) is 0.442. The smallest absolute Gasteiger partial charge is 0.406 e. The number of anilines is 2. The minimum atomic E-state index is -4.83. The molecule has 3 rings (SSSR count). The first-order valence-corrected chi connectivity index (χ1v) is 11.3. The van der Waals surface area contributed by atoms with Gasteiger partial charge in [0.15, 0.2) is 0 Å². The van der Waals surface area contributed by atoms with E-state index in [2.05, 4.69) is 14.8 Å². The molecular formula is C22H18ClF3N2O4S. The van der Waals surface area contributed by atoms with Crippen molar-refractivity contribution in [3.63, 3.8) is 0 Å². The molecule has 0 aliphatic rings. The molecule has 3 aromatic carbocycles. The molecule has 174 valence electrons. The van der Waals surface area contributed by atoms with Gasteiger partial charge in [0.1, 0.15) is 10.6 Å². The molecular weight excluding hydrogens is 481 g/mol. The number of nitrogens with one attached hydrogen (secondary N) is 2. The second kappa shape index (κ2) is 9.32. The van der Waals surface area contributed by atoms with Crippen LogP contribution in [0, 0.1) is 13.8 Å². The Hall–Kier alpha value is -3.24. The van der Waals surface area contributed by atoms with Crippen molar-refractivity contribution in [1.82, 2.24) is 0 Å². The Morgan fingerprint density at radius 3 is 2.27 bits per heavy atom. The zero-order valence-corrected chi connectivity index (χ0v) is 18.9. The van der Waals surface area contributed by atoms with Crippen LogP contribution < -0.4 is 14.8 Å². The largest absolute Gasteiger partial charge is 0.573 e. The predicted octanol–water partition coefficient (Wildman–Crippen LogP) is 5.91. The monoisotopic (exact) mass is 498 g/mol. The fraction of sp³-hybridized carbons (Fsp3) is 0.136. The van der Waals surface area contributed by atoms with Gasteiger partial charge in [0.05, 0.1) is 10.7 Å². The third-order valence-corrected chi connectivity index (χ3v) is 6.31. The fourth-order valence-corrected chi connectivity index (χ4v) is 4.49. The minimum Gasteiger partial charge on any atom is -0.406 e. The van der Waals surface area contributed by atoms with Crippen LogP contribution in [0.3, 0.4) is 0 Å². The summed E-state index contributed by atoms with van der Waals surface area (Å²) < 4.78 is 68.9. The third-order valence-electron chi connectivity index (χ3n) is 4.47. The molecule has 0 saturated carbocycles. The number of amides is 1. The molecule has 1 amide bonds. The number of halogens is 4. The van der Waals surface area contributed by atoms with Crippen LogP contribution in [0.2, 0.25) is 5.02 Å². The van der Waals surface area contributed by atoms with Gasteiger partial charge in [-0.25, -0.2) is 8.42 Å². The fourth-order valence-electron chi connectivity index (χ4n) is 2.84. The molecule has 0 spiro atoms. The Balaban J connectivity index is 1.81. The number of ether oxygens (including phenoxy) is 1. The highest BCUT2D eigenvalue weighted by molar-refractivity contribution is 7.92. The van der Waals surface area contributed by atoms with Gasteiger partial charge in [0.25, 0.3) is 15.9 Å². The van der Waals surface area contributed by atoms with Crippen LogP contribution in [0.25, 0.3) is 0 Å². The first kappa shape index (κ1) is 24.4. The number of hydrogen-bond acceptors (Lipinski definition) is 4. The molecule has 0 atom stereocenters. The SMILES string of the molecule is Cc1ccc(C)c(NS(=O)(=O)c2cc(C(=O)Nc3ccc(OC(F)(F)F)cc3)ccc2Cl)c1. The average molecular weight is 499 g/mol. The van der Waals surface area contributed by atoms with Crippen molar-refractivity contribution in [3.8, 4) is 5.75 Å². The van der Waals surface area contributed by atoms with Gasteiger partial charge in [-0.05, 0) is 73.5 Å². The Labute approximate surface area is 193 Å². The van der Waals surface area contributed by atoms with Crippen molar-refractivity contribution >= 4 is 38.9 Å². The summed E-state index contributed by atoms with van der Waals surface area (Å²) in [6, 6.07) is 13.5. The molecule has 0 saturated heterocycles. The van der Waals surface area contributed by atoms with E-state index in [1.54, 1.807) is 19.1 Å². The maximum atomic E-state index is 12.9. The molecule has 0 radical (unpaired) electrons. The van der Waals surface area contributed by atoms with Gasteiger partial charge < -0.3 is 10.1 Å². The zero-order valence-electron chi connectivity index (χ0n) is 17.3. The van der Waals surface area contributed by atoms with E-state index in [1.807, 2.05) is 13.0 Å². The summed E-state index contributed by atoms with van der Waals surface area (Å²) in [7, 11) is -4.12. The van der Waals surface area contributed by atoms with E-state index in [9.17, 15) is 26.4 Å². The summed E-state index contributed by atoms with van der Waals surface area (Å²) in [6.45, 7) is 3.56. The van der Waals surface area contributed by atoms with Crippen LogP contribution in [0.5, 0.6) is 5.75 Å². The molecule has 33 heavy (non-hydrogen) atoms. The van der Waals surface area contributed by atoms with E-state index >= 15 is 0 Å². The lowest BCUT2D eigenvalue weighted by Gasteiger charge is -2.14. The number of aryl methyl sites for hydroxylation is 2. The first-order chi connectivity index (χ1) is 15.3. The molecule has 0 bridgehead atoms.